The lowest BCUT2D eigenvalue weighted by Gasteiger charge is -2.30. The average molecular weight is 442 g/mol. The molecule has 3 aliphatic heterocycles. The molecule has 0 spiro atoms. The second kappa shape index (κ2) is 11.5. The Balaban J connectivity index is 0.00000150. The largest absolute Gasteiger partial charge is 0.352 e. The van der Waals surface area contributed by atoms with E-state index in [4.69, 9.17) is 0 Å². The van der Waals surface area contributed by atoms with Crippen LogP contribution in [0.15, 0.2) is 24.3 Å². The van der Waals surface area contributed by atoms with Crippen LogP contribution in [0.4, 0.5) is 0 Å². The van der Waals surface area contributed by atoms with Gasteiger partial charge in [-0.3, -0.25) is 9.69 Å². The van der Waals surface area contributed by atoms with Crippen LogP contribution in [0.25, 0.3) is 0 Å². The summed E-state index contributed by atoms with van der Waals surface area (Å²) in [5.74, 6) is 1.66. The Morgan fingerprint density at radius 2 is 1.72 bits per heavy atom. The van der Waals surface area contributed by atoms with E-state index in [2.05, 4.69) is 46.7 Å². The number of nitrogens with one attached hydrogen (secondary N) is 2. The maximum atomic E-state index is 12.4. The van der Waals surface area contributed by atoms with Crippen molar-refractivity contribution >= 4 is 30.7 Å². The summed E-state index contributed by atoms with van der Waals surface area (Å²) in [6.07, 6.45) is 8.27. The molecule has 4 nitrogen and oxygen atoms in total. The van der Waals surface area contributed by atoms with E-state index in [0.29, 0.717) is 31.0 Å². The number of likely N-dealkylation sites (tertiary alicyclic amines) is 1. The SMILES string of the molecule is CC1CCN(Cc2cccc(CNC(=O)CC3CC4CCC(C3)N4)c2)CC1.Cl.Cl. The van der Waals surface area contributed by atoms with Crippen molar-refractivity contribution in [3.63, 3.8) is 0 Å². The molecule has 3 fully saturated rings. The van der Waals surface area contributed by atoms with Crippen LogP contribution in [0.3, 0.4) is 0 Å². The summed E-state index contributed by atoms with van der Waals surface area (Å²) in [7, 11) is 0. The molecule has 0 saturated carbocycles. The Kier molecular flexibility index (Phi) is 9.74. The topological polar surface area (TPSA) is 44.4 Å². The lowest BCUT2D eigenvalue weighted by atomic mass is 9.89. The molecule has 6 heteroatoms. The zero-order valence-electron chi connectivity index (χ0n) is 17.6. The third kappa shape index (κ3) is 7.13. The Morgan fingerprint density at radius 3 is 2.41 bits per heavy atom. The zero-order chi connectivity index (χ0) is 18.6. The first-order valence-corrected chi connectivity index (χ1v) is 11.0. The Hall–Kier alpha value is -0.810. The lowest BCUT2D eigenvalue weighted by Crippen LogP contribution is -2.39. The monoisotopic (exact) mass is 441 g/mol. The van der Waals surface area contributed by atoms with E-state index in [1.807, 2.05) is 0 Å². The number of carbonyl (C=O) groups is 1. The average Bonchev–Trinajstić information content (AvgIpc) is 3.01. The zero-order valence-corrected chi connectivity index (χ0v) is 19.2. The fourth-order valence-corrected chi connectivity index (χ4v) is 5.19. The van der Waals surface area contributed by atoms with Crippen LogP contribution >= 0.6 is 24.8 Å². The molecule has 1 aromatic carbocycles. The first-order chi connectivity index (χ1) is 13.1. The number of piperidine rings is 2. The van der Waals surface area contributed by atoms with Crippen LogP contribution in [0.2, 0.25) is 0 Å². The van der Waals surface area contributed by atoms with Gasteiger partial charge in [-0.15, -0.1) is 24.8 Å². The normalized spacial score (nSPS) is 27.0. The van der Waals surface area contributed by atoms with Gasteiger partial charge in [0.05, 0.1) is 0 Å². The van der Waals surface area contributed by atoms with Gasteiger partial charge in [-0.1, -0.05) is 31.2 Å². The minimum Gasteiger partial charge on any atom is -0.352 e. The third-order valence-electron chi connectivity index (χ3n) is 6.81. The second-order valence-corrected chi connectivity index (χ2v) is 9.23. The summed E-state index contributed by atoms with van der Waals surface area (Å²) in [6, 6.07) is 10.1. The van der Waals surface area contributed by atoms with E-state index in [1.54, 1.807) is 0 Å². The minimum atomic E-state index is 0. The first kappa shape index (κ1) is 24.5. The lowest BCUT2D eigenvalue weighted by molar-refractivity contribution is -0.122. The summed E-state index contributed by atoms with van der Waals surface area (Å²) < 4.78 is 0. The van der Waals surface area contributed by atoms with Gasteiger partial charge in [-0.05, 0) is 74.6 Å². The minimum absolute atomic E-state index is 0. The molecule has 0 aliphatic carbocycles. The van der Waals surface area contributed by atoms with Gasteiger partial charge in [0.1, 0.15) is 0 Å². The molecule has 1 aromatic rings. The molecule has 0 aromatic heterocycles. The standard InChI is InChI=1S/C23H35N3O.2ClH/c1-17-7-9-26(10-8-17)16-19-4-2-3-18(11-19)15-24-23(27)14-20-12-21-5-6-22(13-20)25-21;;/h2-4,11,17,20-22,25H,5-10,12-16H2,1H3,(H,24,27);2*1H. The van der Waals surface area contributed by atoms with Crippen molar-refractivity contribution in [2.45, 2.75) is 77.0 Å². The number of nitrogens with zero attached hydrogens (tertiary/aromatic N) is 1. The van der Waals surface area contributed by atoms with E-state index in [0.717, 1.165) is 12.5 Å². The maximum absolute atomic E-state index is 12.4. The molecule has 4 rings (SSSR count). The molecule has 2 atom stereocenters. The molecule has 3 heterocycles. The molecular weight excluding hydrogens is 405 g/mol. The van der Waals surface area contributed by atoms with Gasteiger partial charge >= 0.3 is 0 Å². The number of fused-ring (bicyclic) bond motifs is 2. The number of benzene rings is 1. The molecule has 3 saturated heterocycles. The van der Waals surface area contributed by atoms with Gasteiger partial charge in [-0.25, -0.2) is 0 Å². The third-order valence-corrected chi connectivity index (χ3v) is 6.81. The molecule has 1 amide bonds. The van der Waals surface area contributed by atoms with Crippen molar-refractivity contribution in [1.82, 2.24) is 15.5 Å². The quantitative estimate of drug-likeness (QED) is 0.691. The highest BCUT2D eigenvalue weighted by Gasteiger charge is 2.34. The summed E-state index contributed by atoms with van der Waals surface area (Å²) in [5, 5.41) is 6.82. The highest BCUT2D eigenvalue weighted by Crippen LogP contribution is 2.32. The number of halogens is 2. The van der Waals surface area contributed by atoms with E-state index in [1.165, 1.54) is 62.7 Å². The highest BCUT2D eigenvalue weighted by atomic mass is 35.5. The summed E-state index contributed by atoms with van der Waals surface area (Å²) in [6.45, 7) is 6.46. The van der Waals surface area contributed by atoms with Crippen LogP contribution in [-0.4, -0.2) is 36.0 Å². The van der Waals surface area contributed by atoms with Gasteiger partial charge in [0.15, 0.2) is 0 Å². The van der Waals surface area contributed by atoms with E-state index in [9.17, 15) is 4.79 Å². The number of hydrogen-bond donors (Lipinski definition) is 2. The molecule has 0 radical (unpaired) electrons. The van der Waals surface area contributed by atoms with Crippen molar-refractivity contribution in [2.24, 2.45) is 11.8 Å². The van der Waals surface area contributed by atoms with Crippen LogP contribution in [0.1, 0.15) is 63.0 Å². The van der Waals surface area contributed by atoms with E-state index >= 15 is 0 Å². The van der Waals surface area contributed by atoms with Crippen molar-refractivity contribution < 1.29 is 4.79 Å². The molecule has 2 unspecified atom stereocenters. The predicted molar refractivity (Wildman–Crippen MR) is 124 cm³/mol. The van der Waals surface area contributed by atoms with Crippen molar-refractivity contribution in [1.29, 1.82) is 0 Å². The van der Waals surface area contributed by atoms with E-state index in [-0.39, 0.29) is 30.7 Å². The smallest absolute Gasteiger partial charge is 0.220 e. The van der Waals surface area contributed by atoms with Crippen molar-refractivity contribution in [3.8, 4) is 0 Å². The number of rotatable bonds is 6. The molecule has 2 N–H and O–H groups in total. The van der Waals surface area contributed by atoms with Crippen molar-refractivity contribution in [2.75, 3.05) is 13.1 Å². The van der Waals surface area contributed by atoms with Crippen LogP contribution < -0.4 is 10.6 Å². The highest BCUT2D eigenvalue weighted by molar-refractivity contribution is 5.85. The van der Waals surface area contributed by atoms with Crippen LogP contribution in [0, 0.1) is 11.8 Å². The van der Waals surface area contributed by atoms with Crippen LogP contribution in [-0.2, 0) is 17.9 Å². The van der Waals surface area contributed by atoms with Gasteiger partial charge in [-0.2, -0.15) is 0 Å². The van der Waals surface area contributed by atoms with Gasteiger partial charge in [0, 0.05) is 31.6 Å². The van der Waals surface area contributed by atoms with Gasteiger partial charge in [0.25, 0.3) is 0 Å². The molecule has 29 heavy (non-hydrogen) atoms. The Morgan fingerprint density at radius 1 is 1.07 bits per heavy atom. The van der Waals surface area contributed by atoms with Crippen LogP contribution in [0.5, 0.6) is 0 Å². The summed E-state index contributed by atoms with van der Waals surface area (Å²) in [4.78, 5) is 15.0. The van der Waals surface area contributed by atoms with Crippen molar-refractivity contribution in [3.05, 3.63) is 35.4 Å². The van der Waals surface area contributed by atoms with E-state index < -0.39 is 0 Å². The van der Waals surface area contributed by atoms with Gasteiger partial charge < -0.3 is 10.6 Å². The fraction of sp³-hybridized carbons (Fsp3) is 0.696. The predicted octanol–water partition coefficient (Wildman–Crippen LogP) is 4.30. The molecule has 2 bridgehead atoms. The fourth-order valence-electron chi connectivity index (χ4n) is 5.19. The maximum Gasteiger partial charge on any atom is 0.220 e. The summed E-state index contributed by atoms with van der Waals surface area (Å²) >= 11 is 0. The first-order valence-electron chi connectivity index (χ1n) is 11.0. The molecule has 164 valence electrons. The molecule has 3 aliphatic rings. The number of hydrogen-bond acceptors (Lipinski definition) is 3. The second-order valence-electron chi connectivity index (χ2n) is 9.23. The van der Waals surface area contributed by atoms with Gasteiger partial charge in [0.2, 0.25) is 5.91 Å². The number of amides is 1. The molecular formula is C23H37Cl2N3O. The Labute approximate surface area is 188 Å². The number of carbonyl (C=O) groups excluding carboxylic acids is 1. The summed E-state index contributed by atoms with van der Waals surface area (Å²) in [5.41, 5.74) is 2.59. The Bertz CT molecular complexity index is 637.